The van der Waals surface area contributed by atoms with Crippen LogP contribution in [0.2, 0.25) is 0 Å². The van der Waals surface area contributed by atoms with Crippen molar-refractivity contribution < 1.29 is 19.4 Å². The van der Waals surface area contributed by atoms with E-state index in [0.29, 0.717) is 39.1 Å². The van der Waals surface area contributed by atoms with Crippen LogP contribution >= 0.6 is 0 Å². The highest BCUT2D eigenvalue weighted by Gasteiger charge is 2.43. The third kappa shape index (κ3) is 4.47. The highest BCUT2D eigenvalue weighted by molar-refractivity contribution is 5.79. The second-order valence-electron chi connectivity index (χ2n) is 5.10. The lowest BCUT2D eigenvalue weighted by Gasteiger charge is -2.22. The van der Waals surface area contributed by atoms with Gasteiger partial charge in [0, 0.05) is 26.8 Å². The van der Waals surface area contributed by atoms with Crippen LogP contribution in [0.1, 0.15) is 26.2 Å². The Labute approximate surface area is 114 Å². The number of hydrogen-bond donors (Lipinski definition) is 2. The van der Waals surface area contributed by atoms with Crippen molar-refractivity contribution in [1.29, 1.82) is 0 Å². The Bertz CT molecular complexity index is 322. The van der Waals surface area contributed by atoms with E-state index in [1.54, 1.807) is 7.11 Å². The van der Waals surface area contributed by atoms with Crippen LogP contribution in [0.15, 0.2) is 0 Å². The SMILES string of the molecule is CCC1(C(=O)O)CCN(CC(=O)NCCCOC)C1. The van der Waals surface area contributed by atoms with Crippen LogP contribution in [0.3, 0.4) is 0 Å². The number of carbonyl (C=O) groups excluding carboxylic acids is 1. The fourth-order valence-electron chi connectivity index (χ4n) is 2.41. The normalized spacial score (nSPS) is 23.5. The van der Waals surface area contributed by atoms with Gasteiger partial charge in [-0.1, -0.05) is 6.92 Å². The zero-order chi connectivity index (χ0) is 14.3. The molecule has 1 heterocycles. The molecule has 0 aromatic rings. The second kappa shape index (κ2) is 7.45. The van der Waals surface area contributed by atoms with Crippen molar-refractivity contribution in [2.45, 2.75) is 26.2 Å². The number of carbonyl (C=O) groups is 2. The molecule has 1 fully saturated rings. The Morgan fingerprint density at radius 3 is 2.74 bits per heavy atom. The van der Waals surface area contributed by atoms with Crippen LogP contribution in [0.25, 0.3) is 0 Å². The van der Waals surface area contributed by atoms with E-state index < -0.39 is 11.4 Å². The van der Waals surface area contributed by atoms with Gasteiger partial charge in [-0.2, -0.15) is 0 Å². The van der Waals surface area contributed by atoms with Gasteiger partial charge >= 0.3 is 5.97 Å². The first-order valence-electron chi connectivity index (χ1n) is 6.75. The van der Waals surface area contributed by atoms with Crippen molar-refractivity contribution in [2.75, 3.05) is 39.9 Å². The number of methoxy groups -OCH3 is 1. The Morgan fingerprint density at radius 2 is 2.21 bits per heavy atom. The van der Waals surface area contributed by atoms with Gasteiger partial charge in [-0.15, -0.1) is 0 Å². The van der Waals surface area contributed by atoms with Gasteiger partial charge in [0.15, 0.2) is 0 Å². The predicted octanol–water partition coefficient (Wildman–Crippen LogP) is 0.326. The first-order valence-corrected chi connectivity index (χ1v) is 6.75. The van der Waals surface area contributed by atoms with Gasteiger partial charge in [-0.25, -0.2) is 0 Å². The van der Waals surface area contributed by atoms with Crippen LogP contribution in [0, 0.1) is 5.41 Å². The zero-order valence-electron chi connectivity index (χ0n) is 11.8. The van der Waals surface area contributed by atoms with Gasteiger partial charge in [0.25, 0.3) is 0 Å². The Kier molecular flexibility index (Phi) is 6.24. The largest absolute Gasteiger partial charge is 0.481 e. The van der Waals surface area contributed by atoms with E-state index in [2.05, 4.69) is 5.32 Å². The third-order valence-corrected chi connectivity index (χ3v) is 3.78. The standard InChI is InChI=1S/C13H24N2O4/c1-3-13(12(17)18)5-7-15(10-13)9-11(16)14-6-4-8-19-2/h3-10H2,1-2H3,(H,14,16)(H,17,18). The molecule has 6 nitrogen and oxygen atoms in total. The first-order chi connectivity index (χ1) is 9.04. The third-order valence-electron chi connectivity index (χ3n) is 3.78. The lowest BCUT2D eigenvalue weighted by atomic mass is 9.84. The molecule has 1 rings (SSSR count). The minimum atomic E-state index is -0.752. The summed E-state index contributed by atoms with van der Waals surface area (Å²) in [6.07, 6.45) is 2.01. The molecule has 1 aliphatic rings. The van der Waals surface area contributed by atoms with Gasteiger partial charge in [-0.05, 0) is 25.8 Å². The minimum Gasteiger partial charge on any atom is -0.481 e. The molecule has 6 heteroatoms. The number of hydrogen-bond acceptors (Lipinski definition) is 4. The molecular weight excluding hydrogens is 248 g/mol. The zero-order valence-corrected chi connectivity index (χ0v) is 11.8. The summed E-state index contributed by atoms with van der Waals surface area (Å²) in [5.74, 6) is -0.800. The molecule has 1 atom stereocenters. The molecule has 19 heavy (non-hydrogen) atoms. The smallest absolute Gasteiger partial charge is 0.310 e. The van der Waals surface area contributed by atoms with E-state index in [9.17, 15) is 14.7 Å². The molecule has 0 radical (unpaired) electrons. The number of carboxylic acids is 1. The molecule has 1 saturated heterocycles. The summed E-state index contributed by atoms with van der Waals surface area (Å²) in [7, 11) is 1.63. The van der Waals surface area contributed by atoms with Crippen molar-refractivity contribution >= 4 is 11.9 Å². The van der Waals surface area contributed by atoms with Crippen LogP contribution in [0.4, 0.5) is 0 Å². The second-order valence-corrected chi connectivity index (χ2v) is 5.10. The highest BCUT2D eigenvalue weighted by Crippen LogP contribution is 2.33. The van der Waals surface area contributed by atoms with Gasteiger partial charge in [0.1, 0.15) is 0 Å². The molecule has 0 bridgehead atoms. The number of amides is 1. The number of ether oxygens (including phenoxy) is 1. The molecule has 0 aromatic carbocycles. The lowest BCUT2D eigenvalue weighted by molar-refractivity contribution is -0.148. The van der Waals surface area contributed by atoms with Crippen LogP contribution < -0.4 is 5.32 Å². The highest BCUT2D eigenvalue weighted by atomic mass is 16.5. The number of rotatable bonds is 8. The Hall–Kier alpha value is -1.14. The summed E-state index contributed by atoms with van der Waals surface area (Å²) >= 11 is 0. The van der Waals surface area contributed by atoms with Gasteiger partial charge in [-0.3, -0.25) is 14.5 Å². The van der Waals surface area contributed by atoms with E-state index >= 15 is 0 Å². The van der Waals surface area contributed by atoms with E-state index in [1.165, 1.54) is 0 Å². The average molecular weight is 272 g/mol. The van der Waals surface area contributed by atoms with Gasteiger partial charge in [0.2, 0.25) is 5.91 Å². The maximum Gasteiger partial charge on any atom is 0.310 e. The molecule has 0 aromatic heterocycles. The molecule has 1 amide bonds. The van der Waals surface area contributed by atoms with Crippen molar-refractivity contribution in [2.24, 2.45) is 5.41 Å². The summed E-state index contributed by atoms with van der Waals surface area (Å²) in [6, 6.07) is 0. The summed E-state index contributed by atoms with van der Waals surface area (Å²) in [5.41, 5.74) is -0.670. The van der Waals surface area contributed by atoms with Gasteiger partial charge in [0.05, 0.1) is 12.0 Å². The summed E-state index contributed by atoms with van der Waals surface area (Å²) in [5, 5.41) is 12.1. The lowest BCUT2D eigenvalue weighted by Crippen LogP contribution is -2.39. The van der Waals surface area contributed by atoms with Crippen molar-refractivity contribution in [3.8, 4) is 0 Å². The van der Waals surface area contributed by atoms with E-state index in [1.807, 2.05) is 11.8 Å². The van der Waals surface area contributed by atoms with Crippen molar-refractivity contribution in [3.05, 3.63) is 0 Å². The fourth-order valence-corrected chi connectivity index (χ4v) is 2.41. The number of nitrogens with one attached hydrogen (secondary N) is 1. The summed E-state index contributed by atoms with van der Waals surface area (Å²) in [4.78, 5) is 24.9. The monoisotopic (exact) mass is 272 g/mol. The van der Waals surface area contributed by atoms with Crippen molar-refractivity contribution in [3.63, 3.8) is 0 Å². The Morgan fingerprint density at radius 1 is 1.47 bits per heavy atom. The molecular formula is C13H24N2O4. The van der Waals surface area contributed by atoms with Gasteiger partial charge < -0.3 is 15.2 Å². The summed E-state index contributed by atoms with van der Waals surface area (Å²) < 4.78 is 4.90. The van der Waals surface area contributed by atoms with Crippen molar-refractivity contribution in [1.82, 2.24) is 10.2 Å². The first kappa shape index (κ1) is 15.9. The van der Waals surface area contributed by atoms with E-state index in [0.717, 1.165) is 6.42 Å². The maximum absolute atomic E-state index is 11.7. The topological polar surface area (TPSA) is 78.9 Å². The van der Waals surface area contributed by atoms with Crippen LogP contribution in [0.5, 0.6) is 0 Å². The quantitative estimate of drug-likeness (QED) is 0.622. The van der Waals surface area contributed by atoms with Crippen LogP contribution in [-0.2, 0) is 14.3 Å². The molecule has 1 unspecified atom stereocenters. The predicted molar refractivity (Wildman–Crippen MR) is 70.9 cm³/mol. The molecule has 0 saturated carbocycles. The average Bonchev–Trinajstić information content (AvgIpc) is 2.79. The maximum atomic E-state index is 11.7. The molecule has 0 aliphatic carbocycles. The minimum absolute atomic E-state index is 0.0478. The number of likely N-dealkylation sites (tertiary alicyclic amines) is 1. The molecule has 1 aliphatic heterocycles. The van der Waals surface area contributed by atoms with E-state index in [-0.39, 0.29) is 12.5 Å². The Balaban J connectivity index is 2.31. The summed E-state index contributed by atoms with van der Waals surface area (Å²) in [6.45, 7) is 4.53. The molecule has 110 valence electrons. The number of nitrogens with zero attached hydrogens (tertiary/aromatic N) is 1. The molecule has 0 spiro atoms. The fraction of sp³-hybridized carbons (Fsp3) is 0.846. The number of aliphatic carboxylic acids is 1. The van der Waals surface area contributed by atoms with E-state index in [4.69, 9.17) is 4.74 Å². The molecule has 2 N–H and O–H groups in total. The number of carboxylic acid groups (broad SMARTS) is 1. The van der Waals surface area contributed by atoms with Crippen LogP contribution in [-0.4, -0.2) is 61.8 Å².